The van der Waals surface area contributed by atoms with Gasteiger partial charge in [-0.15, -0.1) is 0 Å². The van der Waals surface area contributed by atoms with Gasteiger partial charge in [-0.2, -0.15) is 0 Å². The molecule has 0 aromatic heterocycles. The van der Waals surface area contributed by atoms with Gasteiger partial charge in [0.15, 0.2) is 9.84 Å². The average molecular weight is 224 g/mol. The summed E-state index contributed by atoms with van der Waals surface area (Å²) in [7, 11) is -2.77. The highest BCUT2D eigenvalue weighted by Crippen LogP contribution is 2.29. The zero-order valence-corrected chi connectivity index (χ0v) is 9.97. The van der Waals surface area contributed by atoms with Crippen molar-refractivity contribution < 1.29 is 8.42 Å². The van der Waals surface area contributed by atoms with Gasteiger partial charge in [0.1, 0.15) is 0 Å². The van der Waals surface area contributed by atoms with Crippen molar-refractivity contribution >= 4 is 9.84 Å². The molecule has 0 saturated carbocycles. The third kappa shape index (κ3) is 2.23. The lowest BCUT2D eigenvalue weighted by atomic mass is 9.95. The Morgan fingerprint density at radius 2 is 1.93 bits per heavy atom. The van der Waals surface area contributed by atoms with Crippen LogP contribution in [0.4, 0.5) is 0 Å². The molecule has 0 spiro atoms. The lowest BCUT2D eigenvalue weighted by Gasteiger charge is -2.10. The molecule has 1 aromatic rings. The number of benzene rings is 1. The van der Waals surface area contributed by atoms with Crippen LogP contribution in [0.5, 0.6) is 0 Å². The number of aryl methyl sites for hydroxylation is 2. The summed E-state index contributed by atoms with van der Waals surface area (Å²) in [5.74, 6) is 0.898. The first-order chi connectivity index (χ1) is 6.98. The molecule has 1 fully saturated rings. The topological polar surface area (TPSA) is 34.1 Å². The van der Waals surface area contributed by atoms with E-state index in [0.29, 0.717) is 11.5 Å². The van der Waals surface area contributed by atoms with E-state index in [9.17, 15) is 8.42 Å². The fourth-order valence-electron chi connectivity index (χ4n) is 2.08. The fourth-order valence-corrected chi connectivity index (χ4v) is 3.86. The van der Waals surface area contributed by atoms with Crippen molar-refractivity contribution in [2.75, 3.05) is 11.5 Å². The van der Waals surface area contributed by atoms with Crippen molar-refractivity contribution in [2.45, 2.75) is 26.2 Å². The van der Waals surface area contributed by atoms with Crippen molar-refractivity contribution in [2.24, 2.45) is 0 Å². The minimum atomic E-state index is -2.77. The van der Waals surface area contributed by atoms with E-state index in [1.54, 1.807) is 0 Å². The van der Waals surface area contributed by atoms with Crippen LogP contribution in [0.2, 0.25) is 0 Å². The number of rotatable bonds is 1. The number of sulfone groups is 1. The van der Waals surface area contributed by atoms with Crippen molar-refractivity contribution in [3.63, 3.8) is 0 Å². The molecular formula is C12H16O2S. The van der Waals surface area contributed by atoms with Crippen LogP contribution in [-0.2, 0) is 9.84 Å². The maximum atomic E-state index is 11.4. The largest absolute Gasteiger partial charge is 0.229 e. The Morgan fingerprint density at radius 1 is 1.20 bits per heavy atom. The van der Waals surface area contributed by atoms with Gasteiger partial charge in [-0.3, -0.25) is 0 Å². The summed E-state index contributed by atoms with van der Waals surface area (Å²) in [6, 6.07) is 6.27. The van der Waals surface area contributed by atoms with Gasteiger partial charge < -0.3 is 0 Å². The van der Waals surface area contributed by atoms with Crippen LogP contribution in [0.1, 0.15) is 29.0 Å². The predicted octanol–water partition coefficient (Wildman–Crippen LogP) is 2.21. The molecule has 15 heavy (non-hydrogen) atoms. The number of hydrogen-bond acceptors (Lipinski definition) is 2. The molecular weight excluding hydrogens is 208 g/mol. The Kier molecular flexibility index (Phi) is 2.59. The highest BCUT2D eigenvalue weighted by atomic mass is 32.2. The van der Waals surface area contributed by atoms with Gasteiger partial charge in [0.25, 0.3) is 0 Å². The summed E-state index contributed by atoms with van der Waals surface area (Å²) < 4.78 is 22.7. The first kappa shape index (κ1) is 10.7. The molecule has 2 rings (SSSR count). The summed E-state index contributed by atoms with van der Waals surface area (Å²) >= 11 is 0. The second-order valence-electron chi connectivity index (χ2n) is 4.44. The van der Waals surface area contributed by atoms with Crippen LogP contribution in [-0.4, -0.2) is 19.9 Å². The van der Waals surface area contributed by atoms with Gasteiger partial charge in [0, 0.05) is 0 Å². The Balaban J connectivity index is 2.28. The molecule has 1 saturated heterocycles. The summed E-state index contributed by atoms with van der Waals surface area (Å²) in [5, 5.41) is 0. The summed E-state index contributed by atoms with van der Waals surface area (Å²) in [6.07, 6.45) is 0.783. The summed E-state index contributed by atoms with van der Waals surface area (Å²) in [5.41, 5.74) is 3.69. The smallest absolute Gasteiger partial charge is 0.150 e. The van der Waals surface area contributed by atoms with Gasteiger partial charge in [-0.25, -0.2) is 8.42 Å². The SMILES string of the molecule is Cc1ccc(C2CCS(=O)(=O)C2)cc1C. The molecule has 1 unspecified atom stereocenters. The molecule has 82 valence electrons. The molecule has 1 aliphatic heterocycles. The van der Waals surface area contributed by atoms with E-state index in [2.05, 4.69) is 32.0 Å². The quantitative estimate of drug-likeness (QED) is 0.733. The molecule has 1 aliphatic rings. The fraction of sp³-hybridized carbons (Fsp3) is 0.500. The predicted molar refractivity (Wildman–Crippen MR) is 61.9 cm³/mol. The lowest BCUT2D eigenvalue weighted by Crippen LogP contribution is -2.04. The van der Waals surface area contributed by atoms with E-state index in [1.165, 1.54) is 16.7 Å². The highest BCUT2D eigenvalue weighted by Gasteiger charge is 2.28. The Bertz CT molecular complexity index is 474. The van der Waals surface area contributed by atoms with Crippen molar-refractivity contribution in [3.8, 4) is 0 Å². The van der Waals surface area contributed by atoms with Crippen LogP contribution in [0.3, 0.4) is 0 Å². The Hall–Kier alpha value is -0.830. The molecule has 0 radical (unpaired) electrons. The van der Waals surface area contributed by atoms with E-state index < -0.39 is 9.84 Å². The molecule has 1 heterocycles. The first-order valence-electron chi connectivity index (χ1n) is 5.25. The van der Waals surface area contributed by atoms with Crippen LogP contribution in [0, 0.1) is 13.8 Å². The molecule has 0 N–H and O–H groups in total. The molecule has 0 bridgehead atoms. The van der Waals surface area contributed by atoms with E-state index in [0.717, 1.165) is 6.42 Å². The second-order valence-corrected chi connectivity index (χ2v) is 6.67. The van der Waals surface area contributed by atoms with Crippen molar-refractivity contribution in [1.82, 2.24) is 0 Å². The van der Waals surface area contributed by atoms with Crippen LogP contribution >= 0.6 is 0 Å². The van der Waals surface area contributed by atoms with E-state index in [1.807, 2.05) is 0 Å². The number of hydrogen-bond donors (Lipinski definition) is 0. The maximum Gasteiger partial charge on any atom is 0.150 e. The van der Waals surface area contributed by atoms with Gasteiger partial charge in [0.05, 0.1) is 11.5 Å². The van der Waals surface area contributed by atoms with Gasteiger partial charge in [-0.1, -0.05) is 18.2 Å². The van der Waals surface area contributed by atoms with Crippen LogP contribution < -0.4 is 0 Å². The van der Waals surface area contributed by atoms with Gasteiger partial charge in [0.2, 0.25) is 0 Å². The standard InChI is InChI=1S/C12H16O2S/c1-9-3-4-11(7-10(9)2)12-5-6-15(13,14)8-12/h3-4,7,12H,5-6,8H2,1-2H3. The van der Waals surface area contributed by atoms with Crippen molar-refractivity contribution in [1.29, 1.82) is 0 Å². The molecule has 0 amide bonds. The minimum Gasteiger partial charge on any atom is -0.229 e. The monoisotopic (exact) mass is 224 g/mol. The maximum absolute atomic E-state index is 11.4. The third-order valence-corrected chi connectivity index (χ3v) is 5.00. The zero-order valence-electron chi connectivity index (χ0n) is 9.16. The summed E-state index contributed by atoms with van der Waals surface area (Å²) in [6.45, 7) is 4.15. The summed E-state index contributed by atoms with van der Waals surface area (Å²) in [4.78, 5) is 0. The minimum absolute atomic E-state index is 0.217. The Morgan fingerprint density at radius 3 is 2.47 bits per heavy atom. The van der Waals surface area contributed by atoms with Crippen molar-refractivity contribution in [3.05, 3.63) is 34.9 Å². The molecule has 1 atom stereocenters. The van der Waals surface area contributed by atoms with Gasteiger partial charge >= 0.3 is 0 Å². The molecule has 0 aliphatic carbocycles. The Labute approximate surface area is 91.2 Å². The molecule has 3 heteroatoms. The van der Waals surface area contributed by atoms with E-state index in [4.69, 9.17) is 0 Å². The average Bonchev–Trinajstić information content (AvgIpc) is 2.51. The van der Waals surface area contributed by atoms with Gasteiger partial charge in [-0.05, 0) is 42.9 Å². The molecule has 1 aromatic carbocycles. The highest BCUT2D eigenvalue weighted by molar-refractivity contribution is 7.91. The van der Waals surface area contributed by atoms with Crippen LogP contribution in [0.25, 0.3) is 0 Å². The lowest BCUT2D eigenvalue weighted by molar-refractivity contribution is 0.601. The van der Waals surface area contributed by atoms with E-state index >= 15 is 0 Å². The molecule has 2 nitrogen and oxygen atoms in total. The second kappa shape index (κ2) is 3.63. The zero-order chi connectivity index (χ0) is 11.1. The van der Waals surface area contributed by atoms with E-state index in [-0.39, 0.29) is 5.92 Å². The van der Waals surface area contributed by atoms with Crippen LogP contribution in [0.15, 0.2) is 18.2 Å². The first-order valence-corrected chi connectivity index (χ1v) is 7.08. The third-order valence-electron chi connectivity index (χ3n) is 3.23. The normalized spacial score (nSPS) is 24.3.